The maximum absolute atomic E-state index is 12.6. The lowest BCUT2D eigenvalue weighted by Crippen LogP contribution is -2.48. The molecule has 0 spiro atoms. The van der Waals surface area contributed by atoms with Crippen LogP contribution in [0.5, 0.6) is 0 Å². The monoisotopic (exact) mass is 287 g/mol. The van der Waals surface area contributed by atoms with E-state index in [0.29, 0.717) is 11.8 Å². The summed E-state index contributed by atoms with van der Waals surface area (Å²) in [5.41, 5.74) is 0.0575. The summed E-state index contributed by atoms with van der Waals surface area (Å²) in [7, 11) is 0. The van der Waals surface area contributed by atoms with Gasteiger partial charge in [-0.1, -0.05) is 27.7 Å². The standard InChI is InChI=1S/C15H29NO2S/c1-5-15(11-17)7-9-16(10-8-15)14(18)13(12(3)4)19-6-2/h12-13,17H,5-11H2,1-4H3. The van der Waals surface area contributed by atoms with Gasteiger partial charge < -0.3 is 10.0 Å². The second-order valence-electron chi connectivity index (χ2n) is 5.96. The third-order valence-corrected chi connectivity index (χ3v) is 5.85. The van der Waals surface area contributed by atoms with Gasteiger partial charge in [0, 0.05) is 19.7 Å². The van der Waals surface area contributed by atoms with E-state index in [1.165, 1.54) is 0 Å². The number of carbonyl (C=O) groups excluding carboxylic acids is 1. The fraction of sp³-hybridized carbons (Fsp3) is 0.933. The Balaban J connectivity index is 2.61. The van der Waals surface area contributed by atoms with E-state index >= 15 is 0 Å². The zero-order valence-electron chi connectivity index (χ0n) is 12.8. The molecule has 1 aliphatic rings. The number of hydrogen-bond acceptors (Lipinski definition) is 3. The topological polar surface area (TPSA) is 40.5 Å². The molecule has 0 aliphatic carbocycles. The predicted molar refractivity (Wildman–Crippen MR) is 82.4 cm³/mol. The Kier molecular flexibility index (Phi) is 6.67. The van der Waals surface area contributed by atoms with Gasteiger partial charge in [0.25, 0.3) is 0 Å². The van der Waals surface area contributed by atoms with Crippen molar-refractivity contribution in [3.63, 3.8) is 0 Å². The van der Waals surface area contributed by atoms with Crippen LogP contribution in [0.3, 0.4) is 0 Å². The number of piperidine rings is 1. The number of nitrogens with zero attached hydrogens (tertiary/aromatic N) is 1. The van der Waals surface area contributed by atoms with E-state index in [1.807, 2.05) is 4.90 Å². The lowest BCUT2D eigenvalue weighted by Gasteiger charge is -2.41. The first-order chi connectivity index (χ1) is 8.99. The molecule has 1 atom stereocenters. The third kappa shape index (κ3) is 4.12. The first-order valence-electron chi connectivity index (χ1n) is 7.51. The number of likely N-dealkylation sites (tertiary alicyclic amines) is 1. The summed E-state index contributed by atoms with van der Waals surface area (Å²) in [6, 6.07) is 0. The van der Waals surface area contributed by atoms with Crippen molar-refractivity contribution < 1.29 is 9.90 Å². The van der Waals surface area contributed by atoms with Crippen LogP contribution in [0.2, 0.25) is 0 Å². The largest absolute Gasteiger partial charge is 0.396 e. The molecule has 1 amide bonds. The molecule has 4 heteroatoms. The molecule has 0 aromatic carbocycles. The molecule has 0 aromatic rings. The lowest BCUT2D eigenvalue weighted by atomic mass is 9.77. The molecule has 1 saturated heterocycles. The van der Waals surface area contributed by atoms with Gasteiger partial charge in [-0.25, -0.2) is 0 Å². The molecule has 0 saturated carbocycles. The van der Waals surface area contributed by atoms with Crippen LogP contribution in [0.15, 0.2) is 0 Å². The van der Waals surface area contributed by atoms with Crippen molar-refractivity contribution >= 4 is 17.7 Å². The van der Waals surface area contributed by atoms with Gasteiger partial charge in [0.05, 0.1) is 5.25 Å². The van der Waals surface area contributed by atoms with Crippen molar-refractivity contribution in [2.45, 2.75) is 52.2 Å². The summed E-state index contributed by atoms with van der Waals surface area (Å²) in [4.78, 5) is 14.6. The maximum atomic E-state index is 12.6. The predicted octanol–water partition coefficient (Wildman–Crippen LogP) is 2.78. The first-order valence-corrected chi connectivity index (χ1v) is 8.55. The van der Waals surface area contributed by atoms with E-state index in [9.17, 15) is 9.90 Å². The van der Waals surface area contributed by atoms with E-state index in [1.54, 1.807) is 11.8 Å². The van der Waals surface area contributed by atoms with Crippen LogP contribution in [0.4, 0.5) is 0 Å². The molecule has 1 N–H and O–H groups in total. The van der Waals surface area contributed by atoms with Gasteiger partial charge in [-0.15, -0.1) is 11.8 Å². The summed E-state index contributed by atoms with van der Waals surface area (Å²) < 4.78 is 0. The average molecular weight is 287 g/mol. The lowest BCUT2D eigenvalue weighted by molar-refractivity contribution is -0.134. The average Bonchev–Trinajstić information content (AvgIpc) is 2.44. The minimum Gasteiger partial charge on any atom is -0.396 e. The van der Waals surface area contributed by atoms with Crippen LogP contribution < -0.4 is 0 Å². The van der Waals surface area contributed by atoms with Crippen LogP contribution in [0.25, 0.3) is 0 Å². The van der Waals surface area contributed by atoms with Crippen molar-refractivity contribution in [2.75, 3.05) is 25.4 Å². The Hall–Kier alpha value is -0.220. The van der Waals surface area contributed by atoms with Gasteiger partial charge in [-0.3, -0.25) is 4.79 Å². The fourth-order valence-corrected chi connectivity index (χ4v) is 3.77. The van der Waals surface area contributed by atoms with E-state index in [2.05, 4.69) is 27.7 Å². The summed E-state index contributed by atoms with van der Waals surface area (Å²) in [6.45, 7) is 10.4. The number of hydrogen-bond donors (Lipinski definition) is 1. The highest BCUT2D eigenvalue weighted by Gasteiger charge is 2.36. The molecule has 19 heavy (non-hydrogen) atoms. The minimum atomic E-state index is 0.0575. The molecule has 1 heterocycles. The zero-order valence-corrected chi connectivity index (χ0v) is 13.6. The molecule has 1 rings (SSSR count). The van der Waals surface area contributed by atoms with Gasteiger partial charge in [0.1, 0.15) is 0 Å². The molecular formula is C15H29NO2S. The van der Waals surface area contributed by atoms with E-state index in [0.717, 1.165) is 38.1 Å². The second kappa shape index (κ2) is 7.53. The van der Waals surface area contributed by atoms with E-state index < -0.39 is 0 Å². The number of aliphatic hydroxyl groups excluding tert-OH is 1. The van der Waals surface area contributed by atoms with Crippen LogP contribution in [-0.4, -0.2) is 46.6 Å². The molecule has 0 bridgehead atoms. The van der Waals surface area contributed by atoms with Crippen molar-refractivity contribution in [2.24, 2.45) is 11.3 Å². The van der Waals surface area contributed by atoms with Gasteiger partial charge >= 0.3 is 0 Å². The number of carbonyl (C=O) groups is 1. The number of aliphatic hydroxyl groups is 1. The molecule has 1 unspecified atom stereocenters. The Morgan fingerprint density at radius 2 is 1.89 bits per heavy atom. The van der Waals surface area contributed by atoms with Crippen molar-refractivity contribution in [1.29, 1.82) is 0 Å². The number of thioether (sulfide) groups is 1. The van der Waals surface area contributed by atoms with E-state index in [-0.39, 0.29) is 17.3 Å². The van der Waals surface area contributed by atoms with Gasteiger partial charge in [0.15, 0.2) is 0 Å². The fourth-order valence-electron chi connectivity index (χ4n) is 2.73. The minimum absolute atomic E-state index is 0.0575. The SMILES string of the molecule is CCSC(C(=O)N1CCC(CC)(CO)CC1)C(C)C. The molecule has 1 aliphatic heterocycles. The number of amides is 1. The Labute approximate surface area is 122 Å². The summed E-state index contributed by atoms with van der Waals surface area (Å²) in [5, 5.41) is 9.63. The van der Waals surface area contributed by atoms with Crippen LogP contribution in [0.1, 0.15) is 47.0 Å². The highest BCUT2D eigenvalue weighted by molar-refractivity contribution is 8.00. The van der Waals surface area contributed by atoms with Crippen molar-refractivity contribution in [3.8, 4) is 0 Å². The van der Waals surface area contributed by atoms with Crippen LogP contribution >= 0.6 is 11.8 Å². The molecular weight excluding hydrogens is 258 g/mol. The van der Waals surface area contributed by atoms with Gasteiger partial charge in [-0.05, 0) is 36.3 Å². The normalized spacial score (nSPS) is 20.6. The first kappa shape index (κ1) is 16.8. The maximum Gasteiger partial charge on any atom is 0.235 e. The van der Waals surface area contributed by atoms with Crippen molar-refractivity contribution in [3.05, 3.63) is 0 Å². The zero-order chi connectivity index (χ0) is 14.5. The second-order valence-corrected chi connectivity index (χ2v) is 7.38. The van der Waals surface area contributed by atoms with Crippen molar-refractivity contribution in [1.82, 2.24) is 4.90 Å². The Morgan fingerprint density at radius 1 is 1.32 bits per heavy atom. The van der Waals surface area contributed by atoms with Crippen LogP contribution in [0, 0.1) is 11.3 Å². The Morgan fingerprint density at radius 3 is 2.26 bits per heavy atom. The molecule has 112 valence electrons. The summed E-state index contributed by atoms with van der Waals surface area (Å²) in [6.07, 6.45) is 2.88. The number of rotatable bonds is 6. The summed E-state index contributed by atoms with van der Waals surface area (Å²) in [5.74, 6) is 1.66. The van der Waals surface area contributed by atoms with Crippen LogP contribution in [-0.2, 0) is 4.79 Å². The molecule has 0 aromatic heterocycles. The quantitative estimate of drug-likeness (QED) is 0.816. The smallest absolute Gasteiger partial charge is 0.235 e. The Bertz CT molecular complexity index is 280. The third-order valence-electron chi connectivity index (χ3n) is 4.42. The summed E-state index contributed by atoms with van der Waals surface area (Å²) >= 11 is 1.76. The highest BCUT2D eigenvalue weighted by Crippen LogP contribution is 2.35. The van der Waals surface area contributed by atoms with Gasteiger partial charge in [0.2, 0.25) is 5.91 Å². The molecule has 0 radical (unpaired) electrons. The van der Waals surface area contributed by atoms with E-state index in [4.69, 9.17) is 0 Å². The molecule has 1 fully saturated rings. The molecule has 3 nitrogen and oxygen atoms in total. The van der Waals surface area contributed by atoms with Gasteiger partial charge in [-0.2, -0.15) is 0 Å². The highest BCUT2D eigenvalue weighted by atomic mass is 32.2.